The van der Waals surface area contributed by atoms with Crippen molar-refractivity contribution >= 4 is 34.7 Å². The average Bonchev–Trinajstić information content (AvgIpc) is 2.04. The highest BCUT2D eigenvalue weighted by Gasteiger charge is 2.15. The smallest absolute Gasteiger partial charge is 0.340 e. The topological polar surface area (TPSA) is 50.2 Å². The van der Waals surface area contributed by atoms with E-state index >= 15 is 0 Å². The average molecular weight is 218 g/mol. The fraction of sp³-hybridized carbons (Fsp3) is 0. The summed E-state index contributed by atoms with van der Waals surface area (Å²) >= 11 is 10.8. The third-order valence-corrected chi connectivity index (χ3v) is 1.70. The molecule has 1 heterocycles. The lowest BCUT2D eigenvalue weighted by Gasteiger charge is -1.99. The second kappa shape index (κ2) is 4.25. The van der Waals surface area contributed by atoms with Crippen LogP contribution in [0.4, 0.5) is 0 Å². The van der Waals surface area contributed by atoms with Crippen molar-refractivity contribution in [3.63, 3.8) is 0 Å². The Kier molecular flexibility index (Phi) is 3.28. The highest BCUT2D eigenvalue weighted by molar-refractivity contribution is 6.61. The summed E-state index contributed by atoms with van der Waals surface area (Å²) in [4.78, 5) is 14.5. The van der Waals surface area contributed by atoms with Gasteiger partial charge < -0.3 is 5.11 Å². The first-order valence-corrected chi connectivity index (χ1v) is 4.08. The zero-order valence-electron chi connectivity index (χ0n) is 6.37. The van der Waals surface area contributed by atoms with E-state index in [1.54, 1.807) is 12.1 Å². The number of aliphatic carboxylic acids is 1. The molecule has 1 rings (SSSR count). The van der Waals surface area contributed by atoms with E-state index in [-0.39, 0.29) is 15.8 Å². The first-order valence-electron chi connectivity index (χ1n) is 3.33. The van der Waals surface area contributed by atoms with Gasteiger partial charge in [-0.15, -0.1) is 0 Å². The maximum atomic E-state index is 10.7. The van der Waals surface area contributed by atoms with Gasteiger partial charge in [-0.05, 0) is 12.1 Å². The van der Waals surface area contributed by atoms with E-state index in [0.717, 1.165) is 0 Å². The summed E-state index contributed by atoms with van der Waals surface area (Å²) in [6.45, 7) is 0. The van der Waals surface area contributed by atoms with Gasteiger partial charge >= 0.3 is 5.97 Å². The van der Waals surface area contributed by atoms with E-state index in [1.165, 1.54) is 12.3 Å². The molecule has 0 saturated carbocycles. The molecule has 0 atom stereocenters. The van der Waals surface area contributed by atoms with Crippen molar-refractivity contribution in [1.29, 1.82) is 0 Å². The lowest BCUT2D eigenvalue weighted by Crippen LogP contribution is -2.01. The predicted octanol–water partition coefficient (Wildman–Crippen LogP) is 2.31. The third kappa shape index (κ3) is 2.44. The number of nitrogens with zero attached hydrogens (tertiary/aromatic N) is 1. The van der Waals surface area contributed by atoms with E-state index in [9.17, 15) is 4.79 Å². The summed E-state index contributed by atoms with van der Waals surface area (Å²) in [6, 6.07) is 4.85. The Hall–Kier alpha value is -1.06. The summed E-state index contributed by atoms with van der Waals surface area (Å²) in [5.41, 5.74) is 0.0546. The molecular weight excluding hydrogens is 213 g/mol. The minimum Gasteiger partial charge on any atom is -0.478 e. The fourth-order valence-corrected chi connectivity index (χ4v) is 1.15. The summed E-state index contributed by atoms with van der Waals surface area (Å²) in [7, 11) is 0. The number of pyridine rings is 1. The molecule has 0 spiro atoms. The largest absolute Gasteiger partial charge is 0.478 e. The van der Waals surface area contributed by atoms with Crippen LogP contribution in [0.2, 0.25) is 0 Å². The third-order valence-electron chi connectivity index (χ3n) is 1.32. The number of carboxylic acid groups (broad SMARTS) is 1. The Bertz CT molecular complexity index is 344. The molecule has 0 unspecified atom stereocenters. The molecule has 13 heavy (non-hydrogen) atoms. The standard InChI is InChI=1S/C8H5Cl2NO2/c9-7(10)6(8(12)13)5-3-1-2-4-11-5/h1-4H,(H,12,13). The van der Waals surface area contributed by atoms with Gasteiger partial charge in [-0.3, -0.25) is 4.98 Å². The summed E-state index contributed by atoms with van der Waals surface area (Å²) in [5.74, 6) is -1.20. The number of rotatable bonds is 2. The molecule has 0 aliphatic rings. The van der Waals surface area contributed by atoms with Crippen LogP contribution >= 0.6 is 23.2 Å². The van der Waals surface area contributed by atoms with Gasteiger partial charge in [0, 0.05) is 6.20 Å². The number of aromatic nitrogens is 1. The Morgan fingerprint density at radius 3 is 2.46 bits per heavy atom. The second-order valence-corrected chi connectivity index (χ2v) is 3.10. The second-order valence-electron chi connectivity index (χ2n) is 2.16. The van der Waals surface area contributed by atoms with Gasteiger partial charge in [0.25, 0.3) is 0 Å². The van der Waals surface area contributed by atoms with Crippen molar-refractivity contribution in [3.05, 3.63) is 34.6 Å². The molecule has 0 aliphatic heterocycles. The zero-order valence-corrected chi connectivity index (χ0v) is 7.88. The quantitative estimate of drug-likeness (QED) is 0.774. The van der Waals surface area contributed by atoms with Crippen LogP contribution in [0.15, 0.2) is 28.9 Å². The Morgan fingerprint density at radius 2 is 2.08 bits per heavy atom. The van der Waals surface area contributed by atoms with E-state index in [0.29, 0.717) is 0 Å². The molecule has 0 fully saturated rings. The predicted molar refractivity (Wildman–Crippen MR) is 50.5 cm³/mol. The molecule has 0 bridgehead atoms. The van der Waals surface area contributed by atoms with Gasteiger partial charge in [0.05, 0.1) is 5.69 Å². The lowest BCUT2D eigenvalue weighted by molar-refractivity contribution is -0.130. The van der Waals surface area contributed by atoms with Gasteiger partial charge in [-0.1, -0.05) is 29.3 Å². The molecular formula is C8H5Cl2NO2. The van der Waals surface area contributed by atoms with Crippen molar-refractivity contribution in [2.45, 2.75) is 0 Å². The molecule has 0 aliphatic carbocycles. The van der Waals surface area contributed by atoms with Gasteiger partial charge in [0.1, 0.15) is 10.1 Å². The highest BCUT2D eigenvalue weighted by atomic mass is 35.5. The van der Waals surface area contributed by atoms with Crippen molar-refractivity contribution in [1.82, 2.24) is 4.98 Å². The lowest BCUT2D eigenvalue weighted by atomic mass is 10.2. The molecule has 5 heteroatoms. The summed E-state index contributed by atoms with van der Waals surface area (Å²) < 4.78 is -0.300. The van der Waals surface area contributed by atoms with Gasteiger partial charge in [-0.2, -0.15) is 0 Å². The van der Waals surface area contributed by atoms with Crippen LogP contribution in [0.1, 0.15) is 5.69 Å². The van der Waals surface area contributed by atoms with Crippen LogP contribution in [0.5, 0.6) is 0 Å². The van der Waals surface area contributed by atoms with Crippen LogP contribution in [-0.4, -0.2) is 16.1 Å². The maximum absolute atomic E-state index is 10.7. The Labute approximate surface area is 84.6 Å². The summed E-state index contributed by atoms with van der Waals surface area (Å²) in [6.07, 6.45) is 1.47. The van der Waals surface area contributed by atoms with E-state index in [4.69, 9.17) is 28.3 Å². The molecule has 0 radical (unpaired) electrons. The monoisotopic (exact) mass is 217 g/mol. The van der Waals surface area contributed by atoms with Crippen molar-refractivity contribution in [3.8, 4) is 0 Å². The minimum atomic E-state index is -1.20. The molecule has 0 amide bonds. The van der Waals surface area contributed by atoms with Gasteiger partial charge in [-0.25, -0.2) is 4.79 Å². The number of carboxylic acids is 1. The molecule has 1 aromatic heterocycles. The molecule has 0 saturated heterocycles. The maximum Gasteiger partial charge on any atom is 0.340 e. The number of hydrogen-bond acceptors (Lipinski definition) is 2. The minimum absolute atomic E-state index is 0.191. The first-order chi connectivity index (χ1) is 6.13. The Morgan fingerprint density at radius 1 is 1.38 bits per heavy atom. The van der Waals surface area contributed by atoms with Crippen LogP contribution < -0.4 is 0 Å². The SMILES string of the molecule is O=C(O)C(=C(Cl)Cl)c1ccccn1. The molecule has 1 N–H and O–H groups in total. The fourth-order valence-electron chi connectivity index (χ4n) is 0.798. The normalized spacial score (nSPS) is 9.38. The van der Waals surface area contributed by atoms with Crippen molar-refractivity contribution in [2.24, 2.45) is 0 Å². The van der Waals surface area contributed by atoms with Gasteiger partial charge in [0.15, 0.2) is 0 Å². The van der Waals surface area contributed by atoms with Crippen LogP contribution in [0.3, 0.4) is 0 Å². The van der Waals surface area contributed by atoms with Crippen molar-refractivity contribution in [2.75, 3.05) is 0 Å². The van der Waals surface area contributed by atoms with Crippen LogP contribution in [0, 0.1) is 0 Å². The molecule has 68 valence electrons. The van der Waals surface area contributed by atoms with Crippen LogP contribution in [-0.2, 0) is 4.79 Å². The zero-order chi connectivity index (χ0) is 9.84. The molecule has 1 aromatic rings. The summed E-state index contributed by atoms with van der Waals surface area (Å²) in [5, 5.41) is 8.73. The van der Waals surface area contributed by atoms with Crippen LogP contribution in [0.25, 0.3) is 5.57 Å². The number of halogens is 2. The van der Waals surface area contributed by atoms with E-state index in [1.807, 2.05) is 0 Å². The highest BCUT2D eigenvalue weighted by Crippen LogP contribution is 2.22. The Balaban J connectivity index is 3.20. The van der Waals surface area contributed by atoms with E-state index in [2.05, 4.69) is 4.98 Å². The molecule has 0 aromatic carbocycles. The number of hydrogen-bond donors (Lipinski definition) is 1. The van der Waals surface area contributed by atoms with Crippen molar-refractivity contribution < 1.29 is 9.90 Å². The van der Waals surface area contributed by atoms with E-state index < -0.39 is 5.97 Å². The molecule has 3 nitrogen and oxygen atoms in total. The van der Waals surface area contributed by atoms with Gasteiger partial charge in [0.2, 0.25) is 0 Å². The first kappa shape index (κ1) is 10.0. The number of carbonyl (C=O) groups is 1.